The highest BCUT2D eigenvalue weighted by molar-refractivity contribution is 6.52. The fourth-order valence-electron chi connectivity index (χ4n) is 3.83. The van der Waals surface area contributed by atoms with Crippen molar-refractivity contribution in [2.75, 3.05) is 11.5 Å². The van der Waals surface area contributed by atoms with E-state index in [1.807, 2.05) is 13.8 Å². The molecule has 1 N–H and O–H groups in total. The first kappa shape index (κ1) is 22.6. The smallest absolute Gasteiger partial charge is 0.300 e. The highest BCUT2D eigenvalue weighted by atomic mass is 35.5. The van der Waals surface area contributed by atoms with Gasteiger partial charge in [-0.05, 0) is 67.4 Å². The Kier molecular flexibility index (Phi) is 6.47. The van der Waals surface area contributed by atoms with Crippen LogP contribution in [0.2, 0.25) is 5.02 Å². The van der Waals surface area contributed by atoms with Crippen molar-refractivity contribution in [3.05, 3.63) is 94.3 Å². The molecule has 168 valence electrons. The molecule has 7 heteroatoms. The van der Waals surface area contributed by atoms with Gasteiger partial charge in [-0.15, -0.1) is 0 Å². The van der Waals surface area contributed by atoms with Gasteiger partial charge in [0.15, 0.2) is 0 Å². The van der Waals surface area contributed by atoms with Crippen LogP contribution in [0.1, 0.15) is 36.2 Å². The number of aryl methyl sites for hydroxylation is 1. The SMILES string of the molecule is CCCOc1ccc(/C(O)=C2\C(=O)C(=O)N(c3cc(Cl)ccc3C)C2c2ccccn2)cc1. The number of ketones is 1. The number of carbonyl (C=O) groups excluding carboxylic acids is 2. The second-order valence-corrected chi connectivity index (χ2v) is 8.16. The molecule has 1 saturated heterocycles. The summed E-state index contributed by atoms with van der Waals surface area (Å²) in [6.45, 7) is 4.42. The van der Waals surface area contributed by atoms with Crippen LogP contribution < -0.4 is 9.64 Å². The van der Waals surface area contributed by atoms with Crippen LogP contribution in [0.15, 0.2) is 72.4 Å². The van der Waals surface area contributed by atoms with Crippen LogP contribution in [0.3, 0.4) is 0 Å². The van der Waals surface area contributed by atoms with Gasteiger partial charge in [-0.25, -0.2) is 0 Å². The Labute approximate surface area is 197 Å². The first-order chi connectivity index (χ1) is 15.9. The van der Waals surface area contributed by atoms with E-state index in [1.165, 1.54) is 4.90 Å². The van der Waals surface area contributed by atoms with Crippen LogP contribution in [0.4, 0.5) is 5.69 Å². The summed E-state index contributed by atoms with van der Waals surface area (Å²) in [5.41, 5.74) is 2.09. The maximum Gasteiger partial charge on any atom is 0.300 e. The molecule has 1 unspecified atom stereocenters. The standard InChI is InChI=1S/C26H23ClN2O4/c1-3-14-33-19-11-8-17(9-12-19)24(30)22-23(20-6-4-5-13-28-20)29(26(32)25(22)31)21-15-18(27)10-7-16(21)2/h4-13,15,23,30H,3,14H2,1-2H3/b24-22+. The number of ether oxygens (including phenoxy) is 1. The molecule has 2 aromatic carbocycles. The van der Waals surface area contributed by atoms with Crippen molar-refractivity contribution in [2.24, 2.45) is 0 Å². The molecule has 0 radical (unpaired) electrons. The predicted molar refractivity (Wildman–Crippen MR) is 127 cm³/mol. The third-order valence-electron chi connectivity index (χ3n) is 5.44. The molecule has 0 spiro atoms. The van der Waals surface area contributed by atoms with E-state index in [0.29, 0.717) is 34.3 Å². The average molecular weight is 463 g/mol. The van der Waals surface area contributed by atoms with Gasteiger partial charge in [0.1, 0.15) is 17.6 Å². The van der Waals surface area contributed by atoms with E-state index >= 15 is 0 Å². The number of hydrogen-bond donors (Lipinski definition) is 1. The third kappa shape index (κ3) is 4.34. The van der Waals surface area contributed by atoms with Crippen LogP contribution in [0, 0.1) is 6.92 Å². The molecular formula is C26H23ClN2O4. The molecule has 33 heavy (non-hydrogen) atoms. The van der Waals surface area contributed by atoms with Gasteiger partial charge in [0.25, 0.3) is 11.7 Å². The highest BCUT2D eigenvalue weighted by Gasteiger charge is 2.48. The Morgan fingerprint density at radius 3 is 2.55 bits per heavy atom. The van der Waals surface area contributed by atoms with Crippen LogP contribution in [0.5, 0.6) is 5.75 Å². The second-order valence-electron chi connectivity index (χ2n) is 7.73. The fraction of sp³-hybridized carbons (Fsp3) is 0.192. The zero-order chi connectivity index (χ0) is 23.5. The van der Waals surface area contributed by atoms with Gasteiger partial charge < -0.3 is 9.84 Å². The second kappa shape index (κ2) is 9.46. The summed E-state index contributed by atoms with van der Waals surface area (Å²) in [6, 6.07) is 16.2. The number of Topliss-reactive ketones (excluding diaryl/α,β-unsaturated/α-hetero) is 1. The molecule has 0 bridgehead atoms. The van der Waals surface area contributed by atoms with Gasteiger partial charge >= 0.3 is 0 Å². The molecule has 3 aromatic rings. The molecule has 1 aliphatic rings. The summed E-state index contributed by atoms with van der Waals surface area (Å²) < 4.78 is 5.59. The summed E-state index contributed by atoms with van der Waals surface area (Å²) in [7, 11) is 0. The quantitative estimate of drug-likeness (QED) is 0.299. The summed E-state index contributed by atoms with van der Waals surface area (Å²) in [5, 5.41) is 11.6. The minimum absolute atomic E-state index is 0.0275. The van der Waals surface area contributed by atoms with Crippen molar-refractivity contribution in [3.63, 3.8) is 0 Å². The zero-order valence-electron chi connectivity index (χ0n) is 18.3. The number of aromatic nitrogens is 1. The minimum atomic E-state index is -0.903. The number of nitrogens with zero attached hydrogens (tertiary/aromatic N) is 2. The normalized spacial score (nSPS) is 17.4. The number of benzene rings is 2. The fourth-order valence-corrected chi connectivity index (χ4v) is 3.99. The van der Waals surface area contributed by atoms with Crippen LogP contribution in [-0.2, 0) is 9.59 Å². The molecule has 2 heterocycles. The number of aliphatic hydroxyl groups is 1. The van der Waals surface area contributed by atoms with Gasteiger partial charge in [-0.3, -0.25) is 19.5 Å². The Bertz CT molecular complexity index is 1220. The Balaban J connectivity index is 1.86. The number of anilines is 1. The number of amides is 1. The van der Waals surface area contributed by atoms with Crippen molar-refractivity contribution >= 4 is 34.7 Å². The molecule has 0 aliphatic carbocycles. The summed E-state index contributed by atoms with van der Waals surface area (Å²) in [6.07, 6.45) is 2.46. The van der Waals surface area contributed by atoms with Crippen molar-refractivity contribution in [2.45, 2.75) is 26.3 Å². The summed E-state index contributed by atoms with van der Waals surface area (Å²) in [5.74, 6) is -1.15. The molecular weight excluding hydrogens is 440 g/mol. The molecule has 1 atom stereocenters. The van der Waals surface area contributed by atoms with Crippen LogP contribution in [0.25, 0.3) is 5.76 Å². The maximum atomic E-state index is 13.2. The van der Waals surface area contributed by atoms with E-state index in [9.17, 15) is 14.7 Å². The van der Waals surface area contributed by atoms with E-state index in [1.54, 1.807) is 66.9 Å². The van der Waals surface area contributed by atoms with Crippen molar-refractivity contribution < 1.29 is 19.4 Å². The minimum Gasteiger partial charge on any atom is -0.507 e. The van der Waals surface area contributed by atoms with Crippen LogP contribution >= 0.6 is 11.6 Å². The Morgan fingerprint density at radius 2 is 1.88 bits per heavy atom. The lowest BCUT2D eigenvalue weighted by Gasteiger charge is -2.26. The number of rotatable bonds is 6. The largest absolute Gasteiger partial charge is 0.507 e. The lowest BCUT2D eigenvalue weighted by atomic mass is 9.98. The number of hydrogen-bond acceptors (Lipinski definition) is 5. The molecule has 1 aliphatic heterocycles. The van der Waals surface area contributed by atoms with E-state index in [-0.39, 0.29) is 11.3 Å². The first-order valence-electron chi connectivity index (χ1n) is 10.6. The molecule has 0 saturated carbocycles. The Hall–Kier alpha value is -3.64. The van der Waals surface area contributed by atoms with E-state index in [2.05, 4.69) is 4.98 Å². The molecule has 1 fully saturated rings. The van der Waals surface area contributed by atoms with Gasteiger partial charge in [0.05, 0.1) is 17.9 Å². The number of halogens is 1. The number of pyridine rings is 1. The topological polar surface area (TPSA) is 79.7 Å². The molecule has 1 amide bonds. The average Bonchev–Trinajstić information content (AvgIpc) is 3.10. The molecule has 4 rings (SSSR count). The zero-order valence-corrected chi connectivity index (χ0v) is 19.0. The summed E-state index contributed by atoms with van der Waals surface area (Å²) >= 11 is 6.21. The van der Waals surface area contributed by atoms with Crippen molar-refractivity contribution in [3.8, 4) is 5.75 Å². The first-order valence-corrected chi connectivity index (χ1v) is 11.0. The van der Waals surface area contributed by atoms with Gasteiger partial charge in [-0.2, -0.15) is 0 Å². The predicted octanol–water partition coefficient (Wildman–Crippen LogP) is 5.46. The number of aliphatic hydroxyl groups excluding tert-OH is 1. The van der Waals surface area contributed by atoms with Gasteiger partial charge in [0.2, 0.25) is 0 Å². The van der Waals surface area contributed by atoms with E-state index in [4.69, 9.17) is 16.3 Å². The van der Waals surface area contributed by atoms with Crippen LogP contribution in [-0.4, -0.2) is 28.4 Å². The monoisotopic (exact) mass is 462 g/mol. The maximum absolute atomic E-state index is 13.2. The van der Waals surface area contributed by atoms with E-state index < -0.39 is 17.7 Å². The van der Waals surface area contributed by atoms with Gasteiger partial charge in [0, 0.05) is 22.5 Å². The Morgan fingerprint density at radius 1 is 1.12 bits per heavy atom. The molecule has 6 nitrogen and oxygen atoms in total. The van der Waals surface area contributed by atoms with Gasteiger partial charge in [-0.1, -0.05) is 30.7 Å². The third-order valence-corrected chi connectivity index (χ3v) is 5.68. The van der Waals surface area contributed by atoms with Crippen molar-refractivity contribution in [1.29, 1.82) is 0 Å². The van der Waals surface area contributed by atoms with E-state index in [0.717, 1.165) is 12.0 Å². The number of carbonyl (C=O) groups is 2. The van der Waals surface area contributed by atoms with Crippen molar-refractivity contribution in [1.82, 2.24) is 4.98 Å². The summed E-state index contributed by atoms with van der Waals surface area (Å²) in [4.78, 5) is 32.2. The highest BCUT2D eigenvalue weighted by Crippen LogP contribution is 2.43. The lowest BCUT2D eigenvalue weighted by molar-refractivity contribution is -0.132. The molecule has 1 aromatic heterocycles. The lowest BCUT2D eigenvalue weighted by Crippen LogP contribution is -2.30.